The molecule has 3 aromatic rings. The second-order valence-electron chi connectivity index (χ2n) is 12.0. The lowest BCUT2D eigenvalue weighted by Crippen LogP contribution is -2.30. The molecule has 1 aliphatic rings. The molecule has 3 aromatic carbocycles. The van der Waals surface area contributed by atoms with E-state index in [0.717, 1.165) is 5.92 Å². The highest BCUT2D eigenvalue weighted by molar-refractivity contribution is 6.07. The zero-order valence-corrected chi connectivity index (χ0v) is 24.8. The van der Waals surface area contributed by atoms with Gasteiger partial charge in [-0.15, -0.1) is 0 Å². The molecular weight excluding hydrogens is 444 g/mol. The van der Waals surface area contributed by atoms with E-state index < -0.39 is 0 Å². The molecule has 0 bridgehead atoms. The van der Waals surface area contributed by atoms with Gasteiger partial charge in [0, 0.05) is 5.41 Å². The molecule has 198 valence electrons. The van der Waals surface area contributed by atoms with Crippen molar-refractivity contribution in [3.05, 3.63) is 81.9 Å². The Labute approximate surface area is 227 Å². The third-order valence-electron chi connectivity index (χ3n) is 9.20. The summed E-state index contributed by atoms with van der Waals surface area (Å²) in [5, 5.41) is 2.90. The van der Waals surface area contributed by atoms with Gasteiger partial charge in [-0.1, -0.05) is 132 Å². The van der Waals surface area contributed by atoms with Gasteiger partial charge in [0.25, 0.3) is 0 Å². The summed E-state index contributed by atoms with van der Waals surface area (Å²) >= 11 is 0. The molecular formula is C37H50. The Balaban J connectivity index is 2.00. The lowest BCUT2D eigenvalue weighted by Gasteiger charge is -2.39. The molecule has 0 heterocycles. The summed E-state index contributed by atoms with van der Waals surface area (Å²) in [6, 6.07) is 19.2. The average Bonchev–Trinajstić information content (AvgIpc) is 3.12. The molecule has 0 N–H and O–H groups in total. The predicted octanol–water partition coefficient (Wildman–Crippen LogP) is 11.5. The molecule has 0 radical (unpaired) electrons. The van der Waals surface area contributed by atoms with Gasteiger partial charge in [-0.3, -0.25) is 0 Å². The minimum absolute atomic E-state index is 0.0797. The molecule has 0 aliphatic heterocycles. The predicted molar refractivity (Wildman–Crippen MR) is 165 cm³/mol. The minimum atomic E-state index is 0.0797. The quantitative estimate of drug-likeness (QED) is 0.220. The van der Waals surface area contributed by atoms with Crippen LogP contribution in [0.4, 0.5) is 0 Å². The van der Waals surface area contributed by atoms with Crippen LogP contribution in [-0.4, -0.2) is 0 Å². The number of hydrogen-bond donors (Lipinski definition) is 0. The average molecular weight is 495 g/mol. The molecule has 0 nitrogen and oxygen atoms in total. The molecule has 37 heavy (non-hydrogen) atoms. The maximum absolute atomic E-state index is 2.46. The third-order valence-corrected chi connectivity index (χ3v) is 9.20. The van der Waals surface area contributed by atoms with Gasteiger partial charge in [0.2, 0.25) is 0 Å². The first-order valence-electron chi connectivity index (χ1n) is 15.2. The summed E-state index contributed by atoms with van der Waals surface area (Å²) < 4.78 is 0. The fourth-order valence-corrected chi connectivity index (χ4v) is 7.30. The zero-order valence-electron chi connectivity index (χ0n) is 24.8. The molecule has 2 atom stereocenters. The van der Waals surface area contributed by atoms with E-state index in [1.807, 2.05) is 0 Å². The molecule has 2 unspecified atom stereocenters. The van der Waals surface area contributed by atoms with E-state index in [-0.39, 0.29) is 5.41 Å². The summed E-state index contributed by atoms with van der Waals surface area (Å²) in [5.41, 5.74) is 12.0. The van der Waals surface area contributed by atoms with E-state index in [1.54, 1.807) is 11.1 Å². The Morgan fingerprint density at radius 3 is 2.11 bits per heavy atom. The zero-order chi connectivity index (χ0) is 26.6. The van der Waals surface area contributed by atoms with Crippen LogP contribution >= 0.6 is 0 Å². The maximum Gasteiger partial charge on any atom is 0.0226 e. The lowest BCUT2D eigenvalue weighted by atomic mass is 9.64. The van der Waals surface area contributed by atoms with E-state index in [0.29, 0.717) is 0 Å². The van der Waals surface area contributed by atoms with Crippen LogP contribution in [0.3, 0.4) is 0 Å². The van der Waals surface area contributed by atoms with Crippen LogP contribution in [-0.2, 0) is 5.41 Å². The van der Waals surface area contributed by atoms with E-state index in [2.05, 4.69) is 97.0 Å². The maximum atomic E-state index is 2.46. The number of unbranched alkanes of at least 4 members (excludes halogenated alkanes) is 4. The van der Waals surface area contributed by atoms with Crippen LogP contribution in [0.5, 0.6) is 0 Å². The molecule has 0 heteroatoms. The highest BCUT2D eigenvalue weighted by Gasteiger charge is 2.46. The lowest BCUT2D eigenvalue weighted by molar-refractivity contribution is 0.326. The van der Waals surface area contributed by atoms with Crippen molar-refractivity contribution in [2.75, 3.05) is 0 Å². The van der Waals surface area contributed by atoms with Gasteiger partial charge in [-0.25, -0.2) is 0 Å². The number of fused-ring (bicyclic) bond motifs is 3. The van der Waals surface area contributed by atoms with Crippen molar-refractivity contribution in [2.24, 2.45) is 5.92 Å². The van der Waals surface area contributed by atoms with Crippen LogP contribution in [0.15, 0.2) is 48.5 Å². The van der Waals surface area contributed by atoms with Gasteiger partial charge in [0.15, 0.2) is 0 Å². The van der Waals surface area contributed by atoms with Gasteiger partial charge in [-0.2, -0.15) is 0 Å². The summed E-state index contributed by atoms with van der Waals surface area (Å²) in [4.78, 5) is 0. The van der Waals surface area contributed by atoms with Gasteiger partial charge in [0.1, 0.15) is 0 Å². The van der Waals surface area contributed by atoms with Crippen LogP contribution in [0.1, 0.15) is 125 Å². The van der Waals surface area contributed by atoms with Crippen molar-refractivity contribution in [3.8, 4) is 0 Å². The third kappa shape index (κ3) is 5.45. The number of aryl methyl sites for hydroxylation is 3. The fraction of sp³-hybridized carbons (Fsp3) is 0.514. The summed E-state index contributed by atoms with van der Waals surface area (Å²) in [6.45, 7) is 16.3. The smallest absolute Gasteiger partial charge is 0.0226 e. The highest BCUT2D eigenvalue weighted by Crippen LogP contribution is 2.59. The van der Waals surface area contributed by atoms with Crippen molar-refractivity contribution < 1.29 is 0 Å². The second kappa shape index (κ2) is 12.0. The standard InChI is InChI=1S/C37H50/c1-8-11-13-14-22-37(25-30(10-3)15-12-9-2)35(32-19-16-26(4)23-28(32)6)29(7)33-21-18-31-24-27(5)17-20-34(31)36(33)37/h16-21,23-24,30H,8-15,22,25H2,1-7H3. The Bertz CT molecular complexity index is 1260. The number of benzene rings is 3. The molecule has 4 rings (SSSR count). The SMILES string of the molecule is CCCCCCC1(CC(CC)CCCC)C(c2ccc(C)cc2C)=C(C)c2ccc3cc(C)ccc3c21. The largest absolute Gasteiger partial charge is 0.0654 e. The topological polar surface area (TPSA) is 0 Å². The van der Waals surface area contributed by atoms with E-state index >= 15 is 0 Å². The summed E-state index contributed by atoms with van der Waals surface area (Å²) in [7, 11) is 0. The Morgan fingerprint density at radius 1 is 0.703 bits per heavy atom. The van der Waals surface area contributed by atoms with E-state index in [9.17, 15) is 0 Å². The molecule has 0 spiro atoms. The van der Waals surface area contributed by atoms with Gasteiger partial charge < -0.3 is 0 Å². The van der Waals surface area contributed by atoms with E-state index in [1.165, 1.54) is 108 Å². The first-order valence-corrected chi connectivity index (χ1v) is 15.2. The first-order chi connectivity index (χ1) is 17.9. The second-order valence-corrected chi connectivity index (χ2v) is 12.0. The van der Waals surface area contributed by atoms with E-state index in [4.69, 9.17) is 0 Å². The number of hydrogen-bond acceptors (Lipinski definition) is 0. The molecule has 0 saturated carbocycles. The molecule has 0 aromatic heterocycles. The molecule has 0 amide bonds. The van der Waals surface area contributed by atoms with Gasteiger partial charge in [-0.05, 0) is 90.6 Å². The van der Waals surface area contributed by atoms with Crippen LogP contribution in [0.2, 0.25) is 0 Å². The van der Waals surface area contributed by atoms with Crippen LogP contribution in [0.25, 0.3) is 21.9 Å². The van der Waals surface area contributed by atoms with Gasteiger partial charge >= 0.3 is 0 Å². The Morgan fingerprint density at radius 2 is 1.41 bits per heavy atom. The molecule has 0 fully saturated rings. The highest BCUT2D eigenvalue weighted by atomic mass is 14.5. The Hall–Kier alpha value is -2.34. The Kier molecular flexibility index (Phi) is 8.99. The fourth-order valence-electron chi connectivity index (χ4n) is 7.30. The van der Waals surface area contributed by atoms with Crippen molar-refractivity contribution in [1.82, 2.24) is 0 Å². The van der Waals surface area contributed by atoms with Crippen LogP contribution in [0, 0.1) is 26.7 Å². The number of allylic oxidation sites excluding steroid dienone is 2. The molecule has 0 saturated heterocycles. The van der Waals surface area contributed by atoms with Crippen molar-refractivity contribution in [1.29, 1.82) is 0 Å². The van der Waals surface area contributed by atoms with Gasteiger partial charge in [0.05, 0.1) is 0 Å². The van der Waals surface area contributed by atoms with Crippen molar-refractivity contribution >= 4 is 21.9 Å². The first kappa shape index (κ1) is 27.7. The van der Waals surface area contributed by atoms with Crippen molar-refractivity contribution in [2.45, 2.75) is 118 Å². The minimum Gasteiger partial charge on any atom is -0.0654 e. The summed E-state index contributed by atoms with van der Waals surface area (Å²) in [5.74, 6) is 0.756. The van der Waals surface area contributed by atoms with Crippen LogP contribution < -0.4 is 0 Å². The van der Waals surface area contributed by atoms with Crippen molar-refractivity contribution in [3.63, 3.8) is 0 Å². The normalized spacial score (nSPS) is 18.0. The summed E-state index contributed by atoms with van der Waals surface area (Å²) in [6.07, 6.45) is 13.1. The number of rotatable bonds is 12. The molecule has 1 aliphatic carbocycles. The monoisotopic (exact) mass is 494 g/mol.